The van der Waals surface area contributed by atoms with Crippen LogP contribution in [0.1, 0.15) is 17.5 Å². The second-order valence-electron chi connectivity index (χ2n) is 3.10. The highest BCUT2D eigenvalue weighted by Gasteiger charge is 1.99. The van der Waals surface area contributed by atoms with Crippen LogP contribution in [0.4, 0.5) is 0 Å². The Balaban J connectivity index is 2.71. The van der Waals surface area contributed by atoms with E-state index in [1.807, 2.05) is 6.07 Å². The first-order valence-electron chi connectivity index (χ1n) is 4.47. The summed E-state index contributed by atoms with van der Waals surface area (Å²) >= 11 is 5.63. The fraction of sp³-hybridized carbons (Fsp3) is 0.455. The number of hydrogen-bond donors (Lipinski definition) is 0. The summed E-state index contributed by atoms with van der Waals surface area (Å²) in [5.41, 5.74) is 2.52. The van der Waals surface area contributed by atoms with Crippen LogP contribution in [0.5, 0.6) is 5.75 Å². The molecule has 0 heterocycles. The zero-order chi connectivity index (χ0) is 9.68. The monoisotopic (exact) mass is 198 g/mol. The molecule has 0 aromatic heterocycles. The van der Waals surface area contributed by atoms with Crippen LogP contribution >= 0.6 is 11.6 Å². The summed E-state index contributed by atoms with van der Waals surface area (Å²) in [7, 11) is 1.70. The molecule has 0 amide bonds. The second-order valence-corrected chi connectivity index (χ2v) is 3.47. The third-order valence-corrected chi connectivity index (χ3v) is 2.33. The maximum Gasteiger partial charge on any atom is 0.121 e. The molecule has 0 spiro atoms. The third kappa shape index (κ3) is 2.92. The molecule has 0 saturated carbocycles. The fourth-order valence-electron chi connectivity index (χ4n) is 1.37. The lowest BCUT2D eigenvalue weighted by Crippen LogP contribution is -1.91. The van der Waals surface area contributed by atoms with Gasteiger partial charge >= 0.3 is 0 Å². The van der Waals surface area contributed by atoms with Crippen molar-refractivity contribution in [2.24, 2.45) is 0 Å². The highest BCUT2D eigenvalue weighted by molar-refractivity contribution is 6.17. The maximum absolute atomic E-state index is 5.63. The molecule has 0 bridgehead atoms. The number of aryl methyl sites for hydroxylation is 2. The molecule has 0 aliphatic heterocycles. The fourth-order valence-corrected chi connectivity index (χ4v) is 1.50. The highest BCUT2D eigenvalue weighted by atomic mass is 35.5. The van der Waals surface area contributed by atoms with E-state index in [9.17, 15) is 0 Å². The van der Waals surface area contributed by atoms with Crippen molar-refractivity contribution < 1.29 is 4.74 Å². The Kier molecular flexibility index (Phi) is 4.10. The van der Waals surface area contributed by atoms with Crippen molar-refractivity contribution >= 4 is 11.6 Å². The number of ether oxygens (including phenoxy) is 1. The second kappa shape index (κ2) is 5.13. The Morgan fingerprint density at radius 2 is 2.15 bits per heavy atom. The lowest BCUT2D eigenvalue weighted by Gasteiger charge is -2.06. The lowest BCUT2D eigenvalue weighted by molar-refractivity contribution is 0.411. The predicted octanol–water partition coefficient (Wildman–Crippen LogP) is 3.18. The van der Waals surface area contributed by atoms with E-state index in [4.69, 9.17) is 16.3 Å². The molecule has 0 saturated heterocycles. The van der Waals surface area contributed by atoms with Crippen molar-refractivity contribution in [2.75, 3.05) is 13.0 Å². The third-order valence-electron chi connectivity index (χ3n) is 2.06. The lowest BCUT2D eigenvalue weighted by atomic mass is 10.1. The Hall–Kier alpha value is -0.690. The van der Waals surface area contributed by atoms with Crippen LogP contribution in [0.2, 0.25) is 0 Å². The van der Waals surface area contributed by atoms with E-state index < -0.39 is 0 Å². The summed E-state index contributed by atoms with van der Waals surface area (Å²) in [6.45, 7) is 2.06. The molecule has 1 aromatic rings. The highest BCUT2D eigenvalue weighted by Crippen LogP contribution is 2.19. The summed E-state index contributed by atoms with van der Waals surface area (Å²) in [5.74, 6) is 1.68. The van der Waals surface area contributed by atoms with Crippen LogP contribution in [0.15, 0.2) is 18.2 Å². The molecule has 0 N–H and O–H groups in total. The smallest absolute Gasteiger partial charge is 0.121 e. The quantitative estimate of drug-likeness (QED) is 0.676. The van der Waals surface area contributed by atoms with Crippen molar-refractivity contribution in [3.8, 4) is 5.75 Å². The van der Waals surface area contributed by atoms with Crippen LogP contribution in [-0.4, -0.2) is 13.0 Å². The van der Waals surface area contributed by atoms with Crippen LogP contribution in [0.25, 0.3) is 0 Å². The molecule has 0 radical (unpaired) electrons. The SMILES string of the molecule is COc1ccc(CCCCl)cc1C. The van der Waals surface area contributed by atoms with Gasteiger partial charge < -0.3 is 4.74 Å². The van der Waals surface area contributed by atoms with E-state index in [0.29, 0.717) is 0 Å². The molecule has 72 valence electrons. The van der Waals surface area contributed by atoms with Gasteiger partial charge in [-0.1, -0.05) is 12.1 Å². The van der Waals surface area contributed by atoms with Crippen molar-refractivity contribution in [2.45, 2.75) is 19.8 Å². The van der Waals surface area contributed by atoms with Gasteiger partial charge in [0.1, 0.15) is 5.75 Å². The first-order chi connectivity index (χ1) is 6.27. The van der Waals surface area contributed by atoms with Crippen molar-refractivity contribution in [1.29, 1.82) is 0 Å². The Bertz CT molecular complexity index is 271. The van der Waals surface area contributed by atoms with E-state index >= 15 is 0 Å². The van der Waals surface area contributed by atoms with E-state index in [0.717, 1.165) is 24.5 Å². The van der Waals surface area contributed by atoms with Gasteiger partial charge in [0, 0.05) is 5.88 Å². The van der Waals surface area contributed by atoms with E-state index in [1.54, 1.807) is 7.11 Å². The number of alkyl halides is 1. The van der Waals surface area contributed by atoms with Gasteiger partial charge in [0.05, 0.1) is 7.11 Å². The number of hydrogen-bond acceptors (Lipinski definition) is 1. The Morgan fingerprint density at radius 1 is 1.38 bits per heavy atom. The van der Waals surface area contributed by atoms with E-state index in [2.05, 4.69) is 19.1 Å². The minimum atomic E-state index is 0.727. The molecule has 0 atom stereocenters. The Labute approximate surface area is 84.7 Å². The number of methoxy groups -OCH3 is 1. The molecule has 0 fully saturated rings. The number of halogens is 1. The maximum atomic E-state index is 5.63. The van der Waals surface area contributed by atoms with Gasteiger partial charge in [-0.3, -0.25) is 0 Å². The minimum Gasteiger partial charge on any atom is -0.496 e. The van der Waals surface area contributed by atoms with Gasteiger partial charge in [-0.05, 0) is 37.0 Å². The van der Waals surface area contributed by atoms with Crippen LogP contribution < -0.4 is 4.74 Å². The van der Waals surface area contributed by atoms with Crippen LogP contribution in [0, 0.1) is 6.92 Å². The average Bonchev–Trinajstić information content (AvgIpc) is 2.15. The topological polar surface area (TPSA) is 9.23 Å². The van der Waals surface area contributed by atoms with Gasteiger partial charge in [0.25, 0.3) is 0 Å². The summed E-state index contributed by atoms with van der Waals surface area (Å²) in [6.07, 6.45) is 2.08. The zero-order valence-electron chi connectivity index (χ0n) is 8.14. The molecule has 0 unspecified atom stereocenters. The molecule has 1 aromatic carbocycles. The van der Waals surface area contributed by atoms with Gasteiger partial charge in [-0.15, -0.1) is 11.6 Å². The molecular formula is C11H15ClO. The molecular weight excluding hydrogens is 184 g/mol. The van der Waals surface area contributed by atoms with Crippen molar-refractivity contribution in [1.82, 2.24) is 0 Å². The van der Waals surface area contributed by atoms with Gasteiger partial charge in [-0.2, -0.15) is 0 Å². The first-order valence-corrected chi connectivity index (χ1v) is 5.01. The van der Waals surface area contributed by atoms with Crippen molar-refractivity contribution in [3.63, 3.8) is 0 Å². The standard InChI is InChI=1S/C11H15ClO/c1-9-8-10(4-3-7-12)5-6-11(9)13-2/h5-6,8H,3-4,7H2,1-2H3. The van der Waals surface area contributed by atoms with Crippen molar-refractivity contribution in [3.05, 3.63) is 29.3 Å². The summed E-state index contributed by atoms with van der Waals surface area (Å²) in [6, 6.07) is 6.27. The van der Waals surface area contributed by atoms with Gasteiger partial charge in [0.15, 0.2) is 0 Å². The van der Waals surface area contributed by atoms with Crippen LogP contribution in [-0.2, 0) is 6.42 Å². The van der Waals surface area contributed by atoms with E-state index in [-0.39, 0.29) is 0 Å². The molecule has 0 aliphatic carbocycles. The largest absolute Gasteiger partial charge is 0.496 e. The minimum absolute atomic E-state index is 0.727. The molecule has 2 heteroatoms. The molecule has 0 aliphatic rings. The summed E-state index contributed by atoms with van der Waals surface area (Å²) < 4.78 is 5.18. The number of benzene rings is 1. The summed E-state index contributed by atoms with van der Waals surface area (Å²) in [5, 5.41) is 0. The molecule has 1 nitrogen and oxygen atoms in total. The zero-order valence-corrected chi connectivity index (χ0v) is 8.90. The van der Waals surface area contributed by atoms with E-state index in [1.165, 1.54) is 11.1 Å². The Morgan fingerprint density at radius 3 is 2.69 bits per heavy atom. The average molecular weight is 199 g/mol. The predicted molar refractivity (Wildman–Crippen MR) is 56.8 cm³/mol. The molecule has 1 rings (SSSR count). The normalized spacial score (nSPS) is 10.1. The first kappa shape index (κ1) is 10.4. The molecule has 13 heavy (non-hydrogen) atoms. The van der Waals surface area contributed by atoms with Gasteiger partial charge in [-0.25, -0.2) is 0 Å². The van der Waals surface area contributed by atoms with Crippen LogP contribution in [0.3, 0.4) is 0 Å². The summed E-state index contributed by atoms with van der Waals surface area (Å²) in [4.78, 5) is 0. The van der Waals surface area contributed by atoms with Gasteiger partial charge in [0.2, 0.25) is 0 Å². The number of rotatable bonds is 4.